The van der Waals surface area contributed by atoms with Crippen molar-refractivity contribution in [2.24, 2.45) is 5.73 Å². The van der Waals surface area contributed by atoms with Gasteiger partial charge in [-0.1, -0.05) is 11.6 Å². The molecular weight excluding hydrogens is 272 g/mol. The van der Waals surface area contributed by atoms with Crippen LogP contribution in [0, 0.1) is 0 Å². The number of halogens is 1. The Balaban J connectivity index is 2.84. The van der Waals surface area contributed by atoms with Crippen LogP contribution in [0.4, 0.5) is 5.69 Å². The summed E-state index contributed by atoms with van der Waals surface area (Å²) in [5, 5.41) is 12.1. The molecule has 0 spiro atoms. The highest BCUT2D eigenvalue weighted by Crippen LogP contribution is 2.24. The van der Waals surface area contributed by atoms with Gasteiger partial charge in [-0.2, -0.15) is 0 Å². The zero-order chi connectivity index (χ0) is 14.4. The van der Waals surface area contributed by atoms with Crippen LogP contribution in [0.3, 0.4) is 0 Å². The monoisotopic (exact) mass is 286 g/mol. The first-order chi connectivity index (χ1) is 8.95. The van der Waals surface area contributed by atoms with E-state index in [-0.39, 0.29) is 10.6 Å². The Morgan fingerprint density at radius 1 is 1.53 bits per heavy atom. The number of carbonyl (C=O) groups excluding carboxylic acids is 1. The zero-order valence-corrected chi connectivity index (χ0v) is 11.1. The number of amides is 1. The average Bonchev–Trinajstić information content (AvgIpc) is 2.35. The lowest BCUT2D eigenvalue weighted by molar-refractivity contribution is -0.138. The van der Waals surface area contributed by atoms with E-state index < -0.39 is 17.9 Å². The number of carboxylic acids is 1. The van der Waals surface area contributed by atoms with Gasteiger partial charge in [0.1, 0.15) is 6.04 Å². The van der Waals surface area contributed by atoms with E-state index in [4.69, 9.17) is 27.2 Å². The zero-order valence-electron chi connectivity index (χ0n) is 10.4. The Kier molecular flexibility index (Phi) is 5.59. The molecule has 0 saturated carbocycles. The highest BCUT2D eigenvalue weighted by atomic mass is 35.5. The third kappa shape index (κ3) is 4.42. The molecule has 0 fully saturated rings. The molecule has 1 aromatic rings. The maximum atomic E-state index is 11.1. The molecule has 1 rings (SSSR count). The SMILES string of the molecule is COCCC(Nc1ccc(C(N)=O)cc1Cl)C(=O)O. The van der Waals surface area contributed by atoms with E-state index in [0.717, 1.165) is 0 Å². The molecule has 0 aliphatic heterocycles. The predicted octanol–water partition coefficient (Wildman–Crippen LogP) is 1.34. The number of hydrogen-bond donors (Lipinski definition) is 3. The number of methoxy groups -OCH3 is 1. The molecule has 0 radical (unpaired) electrons. The van der Waals surface area contributed by atoms with Crippen LogP contribution in [0.1, 0.15) is 16.8 Å². The first kappa shape index (κ1) is 15.3. The van der Waals surface area contributed by atoms with Crippen LogP contribution in [0.25, 0.3) is 0 Å². The molecule has 0 aromatic heterocycles. The molecule has 1 atom stereocenters. The summed E-state index contributed by atoms with van der Waals surface area (Å²) in [6.07, 6.45) is 0.291. The van der Waals surface area contributed by atoms with E-state index in [1.165, 1.54) is 25.3 Å². The van der Waals surface area contributed by atoms with Crippen molar-refractivity contribution >= 4 is 29.2 Å². The minimum atomic E-state index is -1.01. The molecule has 19 heavy (non-hydrogen) atoms. The van der Waals surface area contributed by atoms with Gasteiger partial charge in [0.05, 0.1) is 10.7 Å². The summed E-state index contributed by atoms with van der Waals surface area (Å²) in [4.78, 5) is 22.0. The van der Waals surface area contributed by atoms with E-state index in [2.05, 4.69) is 5.32 Å². The van der Waals surface area contributed by atoms with E-state index in [1.807, 2.05) is 0 Å². The van der Waals surface area contributed by atoms with Crippen molar-refractivity contribution in [1.29, 1.82) is 0 Å². The lowest BCUT2D eigenvalue weighted by atomic mass is 10.1. The van der Waals surface area contributed by atoms with Crippen LogP contribution in [0.2, 0.25) is 5.02 Å². The van der Waals surface area contributed by atoms with Crippen LogP contribution < -0.4 is 11.1 Å². The van der Waals surface area contributed by atoms with Crippen molar-refractivity contribution in [1.82, 2.24) is 0 Å². The largest absolute Gasteiger partial charge is 0.480 e. The number of primary amides is 1. The van der Waals surface area contributed by atoms with Gasteiger partial charge in [-0.25, -0.2) is 4.79 Å². The molecule has 7 heteroatoms. The van der Waals surface area contributed by atoms with Gasteiger partial charge >= 0.3 is 5.97 Å². The third-order valence-corrected chi connectivity index (χ3v) is 2.80. The van der Waals surface area contributed by atoms with E-state index in [0.29, 0.717) is 18.7 Å². The van der Waals surface area contributed by atoms with Crippen LogP contribution in [0.15, 0.2) is 18.2 Å². The molecule has 1 aromatic carbocycles. The minimum Gasteiger partial charge on any atom is -0.480 e. The fourth-order valence-corrected chi connectivity index (χ4v) is 1.70. The summed E-state index contributed by atoms with van der Waals surface area (Å²) in [6, 6.07) is 3.56. The second kappa shape index (κ2) is 6.96. The number of carbonyl (C=O) groups is 2. The van der Waals surface area contributed by atoms with Crippen LogP contribution in [-0.2, 0) is 9.53 Å². The number of nitrogens with one attached hydrogen (secondary N) is 1. The number of ether oxygens (including phenoxy) is 1. The smallest absolute Gasteiger partial charge is 0.326 e. The van der Waals surface area contributed by atoms with Gasteiger partial charge in [-0.15, -0.1) is 0 Å². The molecule has 1 amide bonds. The quantitative estimate of drug-likeness (QED) is 0.702. The fraction of sp³-hybridized carbons (Fsp3) is 0.333. The van der Waals surface area contributed by atoms with E-state index in [9.17, 15) is 9.59 Å². The maximum Gasteiger partial charge on any atom is 0.326 e. The van der Waals surface area contributed by atoms with Crippen molar-refractivity contribution in [2.45, 2.75) is 12.5 Å². The molecule has 0 aliphatic carbocycles. The number of rotatable bonds is 7. The van der Waals surface area contributed by atoms with Gasteiger partial charge in [0.2, 0.25) is 5.91 Å². The van der Waals surface area contributed by atoms with Crippen LogP contribution in [0.5, 0.6) is 0 Å². The van der Waals surface area contributed by atoms with Gasteiger partial charge in [0.15, 0.2) is 0 Å². The highest BCUT2D eigenvalue weighted by Gasteiger charge is 2.18. The Morgan fingerprint density at radius 2 is 2.21 bits per heavy atom. The summed E-state index contributed by atoms with van der Waals surface area (Å²) in [7, 11) is 1.49. The molecule has 4 N–H and O–H groups in total. The molecule has 1 unspecified atom stereocenters. The van der Waals surface area contributed by atoms with Crippen molar-refractivity contribution < 1.29 is 19.4 Å². The Labute approximate surface area is 115 Å². The lowest BCUT2D eigenvalue weighted by Gasteiger charge is -2.16. The van der Waals surface area contributed by atoms with Gasteiger partial charge in [-0.05, 0) is 18.2 Å². The fourth-order valence-electron chi connectivity index (χ4n) is 1.47. The van der Waals surface area contributed by atoms with Crippen molar-refractivity contribution in [2.75, 3.05) is 19.0 Å². The van der Waals surface area contributed by atoms with Gasteiger partial charge in [0, 0.05) is 25.7 Å². The number of anilines is 1. The third-order valence-electron chi connectivity index (χ3n) is 2.49. The first-order valence-electron chi connectivity index (χ1n) is 5.53. The molecule has 0 bridgehead atoms. The minimum absolute atomic E-state index is 0.236. The molecule has 0 aliphatic rings. The second-order valence-corrected chi connectivity index (χ2v) is 4.28. The molecule has 0 saturated heterocycles. The summed E-state index contributed by atoms with van der Waals surface area (Å²) >= 11 is 5.96. The van der Waals surface area contributed by atoms with Gasteiger partial charge in [0.25, 0.3) is 0 Å². The maximum absolute atomic E-state index is 11.1. The summed E-state index contributed by atoms with van der Waals surface area (Å²) in [5.41, 5.74) is 5.81. The number of aliphatic carboxylic acids is 1. The Hall–Kier alpha value is -1.79. The predicted molar refractivity (Wildman–Crippen MR) is 71.5 cm³/mol. The summed E-state index contributed by atoms with van der Waals surface area (Å²) in [6.45, 7) is 0.307. The second-order valence-electron chi connectivity index (χ2n) is 3.88. The Morgan fingerprint density at radius 3 is 2.68 bits per heavy atom. The number of benzene rings is 1. The average molecular weight is 287 g/mol. The molecular formula is C12H15ClN2O4. The molecule has 6 nitrogen and oxygen atoms in total. The normalized spacial score (nSPS) is 11.9. The summed E-state index contributed by atoms with van der Waals surface area (Å²) in [5.74, 6) is -1.60. The number of nitrogens with two attached hydrogens (primary N) is 1. The van der Waals surface area contributed by atoms with Crippen molar-refractivity contribution in [3.63, 3.8) is 0 Å². The topological polar surface area (TPSA) is 102 Å². The van der Waals surface area contributed by atoms with Gasteiger partial charge < -0.3 is 20.9 Å². The first-order valence-corrected chi connectivity index (χ1v) is 5.91. The molecule has 104 valence electrons. The number of carboxylic acid groups (broad SMARTS) is 1. The Bertz CT molecular complexity index is 479. The van der Waals surface area contributed by atoms with Crippen LogP contribution in [-0.4, -0.2) is 36.7 Å². The summed E-state index contributed by atoms with van der Waals surface area (Å²) < 4.78 is 4.84. The van der Waals surface area contributed by atoms with Crippen molar-refractivity contribution in [3.05, 3.63) is 28.8 Å². The number of hydrogen-bond acceptors (Lipinski definition) is 4. The lowest BCUT2D eigenvalue weighted by Crippen LogP contribution is -2.30. The molecule has 0 heterocycles. The van der Waals surface area contributed by atoms with Crippen LogP contribution >= 0.6 is 11.6 Å². The van der Waals surface area contributed by atoms with Gasteiger partial charge in [-0.3, -0.25) is 4.79 Å². The highest BCUT2D eigenvalue weighted by molar-refractivity contribution is 6.33. The van der Waals surface area contributed by atoms with E-state index in [1.54, 1.807) is 0 Å². The standard InChI is InChI=1S/C12H15ClN2O4/c1-19-5-4-10(12(17)18)15-9-3-2-7(11(14)16)6-8(9)13/h2-3,6,10,15H,4-5H2,1H3,(H2,14,16)(H,17,18). The van der Waals surface area contributed by atoms with Crippen molar-refractivity contribution in [3.8, 4) is 0 Å². The van der Waals surface area contributed by atoms with E-state index >= 15 is 0 Å².